The van der Waals surface area contributed by atoms with E-state index in [4.69, 9.17) is 0 Å². The van der Waals surface area contributed by atoms with Gasteiger partial charge in [0.25, 0.3) is 0 Å². The second-order valence-electron chi connectivity index (χ2n) is 5.19. The number of aryl methyl sites for hydroxylation is 3. The summed E-state index contributed by atoms with van der Waals surface area (Å²) in [6.07, 6.45) is 0. The molecule has 0 fully saturated rings. The van der Waals surface area contributed by atoms with Crippen LogP contribution in [0.3, 0.4) is 0 Å². The molecule has 2 rings (SSSR count). The number of carbonyl (C=O) groups excluding carboxylic acids is 2. The van der Waals surface area contributed by atoms with Crippen molar-refractivity contribution in [3.63, 3.8) is 0 Å². The van der Waals surface area contributed by atoms with Gasteiger partial charge in [-0.25, -0.2) is 4.39 Å². The van der Waals surface area contributed by atoms with Crippen LogP contribution in [0.1, 0.15) is 16.7 Å². The lowest BCUT2D eigenvalue weighted by Gasteiger charge is -2.12. The van der Waals surface area contributed by atoms with Crippen LogP contribution in [0.25, 0.3) is 0 Å². The van der Waals surface area contributed by atoms with Gasteiger partial charge in [-0.05, 0) is 50.1 Å². The first-order valence-electron chi connectivity index (χ1n) is 6.82. The third-order valence-electron chi connectivity index (χ3n) is 3.20. The molecular formula is C17H17FN2O2. The molecular weight excluding hydrogens is 283 g/mol. The zero-order valence-corrected chi connectivity index (χ0v) is 12.7. The smallest absolute Gasteiger partial charge is 0.314 e. The maximum absolute atomic E-state index is 13.1. The molecule has 0 saturated carbocycles. The highest BCUT2D eigenvalue weighted by Gasteiger charge is 2.16. The van der Waals surface area contributed by atoms with E-state index in [0.717, 1.165) is 22.8 Å². The SMILES string of the molecule is Cc1cc(C)c(NC(=O)C(=O)Nc2cccc(F)c2)c(C)c1. The quantitative estimate of drug-likeness (QED) is 0.836. The van der Waals surface area contributed by atoms with Gasteiger partial charge in [0.05, 0.1) is 0 Å². The van der Waals surface area contributed by atoms with Crippen LogP contribution in [0, 0.1) is 26.6 Å². The van der Waals surface area contributed by atoms with E-state index in [9.17, 15) is 14.0 Å². The lowest BCUT2D eigenvalue weighted by atomic mass is 10.1. The third kappa shape index (κ3) is 3.69. The summed E-state index contributed by atoms with van der Waals surface area (Å²) in [5.74, 6) is -2.12. The number of nitrogens with one attached hydrogen (secondary N) is 2. The number of carbonyl (C=O) groups is 2. The van der Waals surface area contributed by atoms with Gasteiger partial charge in [0.1, 0.15) is 5.82 Å². The Labute approximate surface area is 128 Å². The number of hydrogen-bond acceptors (Lipinski definition) is 2. The summed E-state index contributed by atoms with van der Waals surface area (Å²) in [6.45, 7) is 5.68. The minimum atomic E-state index is -0.843. The lowest BCUT2D eigenvalue weighted by molar-refractivity contribution is -0.133. The van der Waals surface area contributed by atoms with Crippen molar-refractivity contribution >= 4 is 23.2 Å². The summed E-state index contributed by atoms with van der Waals surface area (Å²) in [6, 6.07) is 9.22. The number of amides is 2. The van der Waals surface area contributed by atoms with E-state index in [0.29, 0.717) is 5.69 Å². The average Bonchev–Trinajstić information content (AvgIpc) is 2.42. The predicted octanol–water partition coefficient (Wildman–Crippen LogP) is 3.33. The van der Waals surface area contributed by atoms with E-state index in [-0.39, 0.29) is 5.69 Å². The van der Waals surface area contributed by atoms with Crippen LogP contribution >= 0.6 is 0 Å². The third-order valence-corrected chi connectivity index (χ3v) is 3.20. The second-order valence-corrected chi connectivity index (χ2v) is 5.19. The molecule has 0 heterocycles. The van der Waals surface area contributed by atoms with Crippen molar-refractivity contribution < 1.29 is 14.0 Å². The van der Waals surface area contributed by atoms with E-state index >= 15 is 0 Å². The largest absolute Gasteiger partial charge is 0.318 e. The molecule has 4 nitrogen and oxygen atoms in total. The maximum atomic E-state index is 13.1. The molecule has 114 valence electrons. The molecule has 2 aromatic rings. The maximum Gasteiger partial charge on any atom is 0.314 e. The average molecular weight is 300 g/mol. The second kappa shape index (κ2) is 6.39. The van der Waals surface area contributed by atoms with Gasteiger partial charge < -0.3 is 10.6 Å². The normalized spacial score (nSPS) is 10.2. The zero-order chi connectivity index (χ0) is 16.3. The highest BCUT2D eigenvalue weighted by atomic mass is 19.1. The van der Waals surface area contributed by atoms with E-state index in [1.165, 1.54) is 18.2 Å². The number of hydrogen-bond donors (Lipinski definition) is 2. The van der Waals surface area contributed by atoms with Gasteiger partial charge in [-0.2, -0.15) is 0 Å². The minimum Gasteiger partial charge on any atom is -0.318 e. The fraction of sp³-hybridized carbons (Fsp3) is 0.176. The van der Waals surface area contributed by atoms with Gasteiger partial charge in [0.2, 0.25) is 0 Å². The van der Waals surface area contributed by atoms with E-state index in [1.54, 1.807) is 0 Å². The number of halogens is 1. The van der Waals surface area contributed by atoms with Crippen molar-refractivity contribution in [1.82, 2.24) is 0 Å². The summed E-state index contributed by atoms with van der Waals surface area (Å²) < 4.78 is 13.1. The Morgan fingerprint density at radius 1 is 0.909 bits per heavy atom. The van der Waals surface area contributed by atoms with Gasteiger partial charge >= 0.3 is 11.8 Å². The highest BCUT2D eigenvalue weighted by Crippen LogP contribution is 2.21. The molecule has 2 aromatic carbocycles. The zero-order valence-electron chi connectivity index (χ0n) is 12.7. The van der Waals surface area contributed by atoms with Crippen LogP contribution < -0.4 is 10.6 Å². The summed E-state index contributed by atoms with van der Waals surface area (Å²) in [5.41, 5.74) is 3.69. The highest BCUT2D eigenvalue weighted by molar-refractivity contribution is 6.43. The van der Waals surface area contributed by atoms with Crippen molar-refractivity contribution in [3.8, 4) is 0 Å². The van der Waals surface area contributed by atoms with Crippen LogP contribution in [0.5, 0.6) is 0 Å². The van der Waals surface area contributed by atoms with Crippen LogP contribution in [0.4, 0.5) is 15.8 Å². The molecule has 0 aromatic heterocycles. The van der Waals surface area contributed by atoms with Crippen molar-refractivity contribution in [2.45, 2.75) is 20.8 Å². The standard InChI is InChI=1S/C17H17FN2O2/c1-10-7-11(2)15(12(3)8-10)20-17(22)16(21)19-14-6-4-5-13(18)9-14/h4-9H,1-3H3,(H,19,21)(H,20,22). The van der Waals surface area contributed by atoms with Gasteiger partial charge in [0.15, 0.2) is 0 Å². The van der Waals surface area contributed by atoms with Gasteiger partial charge in [-0.15, -0.1) is 0 Å². The summed E-state index contributed by atoms with van der Waals surface area (Å²) in [4.78, 5) is 23.8. The Morgan fingerprint density at radius 2 is 1.50 bits per heavy atom. The van der Waals surface area contributed by atoms with Gasteiger partial charge in [0, 0.05) is 11.4 Å². The Bertz CT molecular complexity index is 718. The van der Waals surface area contributed by atoms with E-state index < -0.39 is 17.6 Å². The lowest BCUT2D eigenvalue weighted by Crippen LogP contribution is -2.29. The molecule has 22 heavy (non-hydrogen) atoms. The monoisotopic (exact) mass is 300 g/mol. The fourth-order valence-corrected chi connectivity index (χ4v) is 2.30. The van der Waals surface area contributed by atoms with Crippen LogP contribution in [-0.2, 0) is 9.59 Å². The summed E-state index contributed by atoms with van der Waals surface area (Å²) in [5, 5.41) is 4.96. The Hall–Kier alpha value is -2.69. The van der Waals surface area contributed by atoms with Gasteiger partial charge in [-0.3, -0.25) is 9.59 Å². The topological polar surface area (TPSA) is 58.2 Å². The minimum absolute atomic E-state index is 0.234. The molecule has 2 amide bonds. The molecule has 0 aliphatic rings. The Morgan fingerprint density at radius 3 is 2.09 bits per heavy atom. The fourth-order valence-electron chi connectivity index (χ4n) is 2.30. The Balaban J connectivity index is 2.11. The van der Waals surface area contributed by atoms with Crippen molar-refractivity contribution in [2.24, 2.45) is 0 Å². The molecule has 0 aliphatic carbocycles. The molecule has 0 aliphatic heterocycles. The van der Waals surface area contributed by atoms with E-state index in [1.807, 2.05) is 32.9 Å². The predicted molar refractivity (Wildman–Crippen MR) is 84.3 cm³/mol. The Kier molecular flexibility index (Phi) is 4.56. The molecule has 5 heteroatoms. The molecule has 0 unspecified atom stereocenters. The van der Waals surface area contributed by atoms with Crippen LogP contribution in [0.2, 0.25) is 0 Å². The molecule has 0 spiro atoms. The van der Waals surface area contributed by atoms with Crippen molar-refractivity contribution in [3.05, 3.63) is 58.9 Å². The first kappa shape index (κ1) is 15.7. The van der Waals surface area contributed by atoms with Crippen LogP contribution in [-0.4, -0.2) is 11.8 Å². The van der Waals surface area contributed by atoms with Gasteiger partial charge in [-0.1, -0.05) is 23.8 Å². The van der Waals surface area contributed by atoms with Crippen molar-refractivity contribution in [1.29, 1.82) is 0 Å². The number of rotatable bonds is 2. The molecule has 2 N–H and O–H groups in total. The van der Waals surface area contributed by atoms with Crippen LogP contribution in [0.15, 0.2) is 36.4 Å². The summed E-state index contributed by atoms with van der Waals surface area (Å²) in [7, 11) is 0. The first-order valence-corrected chi connectivity index (χ1v) is 6.82. The molecule has 0 atom stereocenters. The molecule has 0 saturated heterocycles. The number of anilines is 2. The summed E-state index contributed by atoms with van der Waals surface area (Å²) >= 11 is 0. The van der Waals surface area contributed by atoms with E-state index in [2.05, 4.69) is 10.6 Å². The number of benzene rings is 2. The molecule has 0 radical (unpaired) electrons. The van der Waals surface area contributed by atoms with Crippen molar-refractivity contribution in [2.75, 3.05) is 10.6 Å². The first-order chi connectivity index (χ1) is 10.4. The molecule has 0 bridgehead atoms.